The molecule has 0 aromatic rings. The van der Waals surface area contributed by atoms with Gasteiger partial charge in [-0.15, -0.1) is 0 Å². The number of nitrogens with one attached hydrogen (secondary N) is 2. The molecule has 21 heavy (non-hydrogen) atoms. The molecule has 2 amide bonds. The zero-order valence-electron chi connectivity index (χ0n) is 13.5. The van der Waals surface area contributed by atoms with Gasteiger partial charge >= 0.3 is 0 Å². The highest BCUT2D eigenvalue weighted by atomic mass is 16.2. The summed E-state index contributed by atoms with van der Waals surface area (Å²) >= 11 is 0. The molecule has 0 aliphatic carbocycles. The number of quaternary nitrogens is 1. The Bertz CT molecular complexity index is 384. The Morgan fingerprint density at radius 1 is 1.14 bits per heavy atom. The summed E-state index contributed by atoms with van der Waals surface area (Å²) in [4.78, 5) is 25.6. The average Bonchev–Trinajstić information content (AvgIpc) is 2.80. The van der Waals surface area contributed by atoms with Gasteiger partial charge in [0.15, 0.2) is 13.2 Å². The van der Waals surface area contributed by atoms with Gasteiger partial charge in [0.05, 0.1) is 12.7 Å². The van der Waals surface area contributed by atoms with Crippen LogP contribution in [-0.4, -0.2) is 60.6 Å². The monoisotopic (exact) mass is 297 g/mol. The molecule has 1 atom stereocenters. The van der Waals surface area contributed by atoms with E-state index in [4.69, 9.17) is 0 Å². The van der Waals surface area contributed by atoms with E-state index >= 15 is 0 Å². The second-order valence-electron chi connectivity index (χ2n) is 5.55. The molecule has 1 rings (SSSR count). The van der Waals surface area contributed by atoms with Gasteiger partial charge in [0.2, 0.25) is 5.91 Å². The normalized spacial score (nSPS) is 20.6. The van der Waals surface area contributed by atoms with E-state index < -0.39 is 0 Å². The Hall–Kier alpha value is -1.56. The van der Waals surface area contributed by atoms with Crippen molar-refractivity contribution in [3.8, 4) is 0 Å². The van der Waals surface area contributed by atoms with Gasteiger partial charge in [0, 0.05) is 13.1 Å². The van der Waals surface area contributed by atoms with Crippen molar-refractivity contribution >= 4 is 11.8 Å². The molecule has 6 heteroatoms. The van der Waals surface area contributed by atoms with E-state index in [0.717, 1.165) is 19.4 Å². The van der Waals surface area contributed by atoms with Crippen molar-refractivity contribution in [1.82, 2.24) is 15.5 Å². The minimum Gasteiger partial charge on any atom is -0.355 e. The molecule has 2 N–H and O–H groups in total. The maximum absolute atomic E-state index is 11.9. The van der Waals surface area contributed by atoms with E-state index in [1.807, 2.05) is 24.9 Å². The van der Waals surface area contributed by atoms with E-state index in [1.54, 1.807) is 0 Å². The second kappa shape index (κ2) is 8.67. The number of rotatable bonds is 9. The minimum atomic E-state index is 0.0238. The molecule has 1 unspecified atom stereocenters. The van der Waals surface area contributed by atoms with Crippen LogP contribution in [0.5, 0.6) is 0 Å². The van der Waals surface area contributed by atoms with Gasteiger partial charge in [-0.3, -0.25) is 14.1 Å². The first-order valence-electron chi connectivity index (χ1n) is 7.87. The van der Waals surface area contributed by atoms with Gasteiger partial charge in [0.1, 0.15) is 12.7 Å². The van der Waals surface area contributed by atoms with Crippen molar-refractivity contribution in [1.29, 1.82) is 0 Å². The van der Waals surface area contributed by atoms with Crippen LogP contribution in [0, 0.1) is 0 Å². The Morgan fingerprint density at radius 3 is 2.43 bits per heavy atom. The summed E-state index contributed by atoms with van der Waals surface area (Å²) in [6, 6.07) is 0. The first-order valence-corrected chi connectivity index (χ1v) is 7.87. The van der Waals surface area contributed by atoms with Crippen LogP contribution in [0.15, 0.2) is 12.4 Å². The molecule has 1 aliphatic heterocycles. The summed E-state index contributed by atoms with van der Waals surface area (Å²) in [6.45, 7) is 9.69. The summed E-state index contributed by atoms with van der Waals surface area (Å²) in [5.74, 6) is 0.0914. The number of carbonyl (C=O) groups excluding carboxylic acids is 2. The van der Waals surface area contributed by atoms with E-state index in [-0.39, 0.29) is 11.8 Å². The maximum atomic E-state index is 11.9. The lowest BCUT2D eigenvalue weighted by molar-refractivity contribution is -0.873. The third kappa shape index (κ3) is 5.75. The van der Waals surface area contributed by atoms with Crippen LogP contribution in [0.25, 0.3) is 0 Å². The molecule has 0 aromatic heterocycles. The van der Waals surface area contributed by atoms with E-state index in [0.29, 0.717) is 37.3 Å². The standard InChI is InChI=1S/C15H28N4O2/c1-4-7-9-19(12-15(21)17-6-3)10-8-18(13-19)11-14(20)16-5-2/h8,10H,4-7,9,11-13H2,1-3H3,(H-,16,17,20,21)/p+1. The number of hydrogen-bond acceptors (Lipinski definition) is 3. The second-order valence-corrected chi connectivity index (χ2v) is 5.55. The van der Waals surface area contributed by atoms with Crippen molar-refractivity contribution in [2.45, 2.75) is 33.6 Å². The van der Waals surface area contributed by atoms with Gasteiger partial charge in [-0.25, -0.2) is 0 Å². The lowest BCUT2D eigenvalue weighted by Gasteiger charge is -2.32. The number of unbranched alkanes of at least 4 members (excludes halogenated alkanes) is 1. The van der Waals surface area contributed by atoms with Gasteiger partial charge in [-0.2, -0.15) is 0 Å². The fraction of sp³-hybridized carbons (Fsp3) is 0.733. The fourth-order valence-electron chi connectivity index (χ4n) is 2.57. The summed E-state index contributed by atoms with van der Waals surface area (Å²) in [6.07, 6.45) is 6.17. The largest absolute Gasteiger partial charge is 0.355 e. The van der Waals surface area contributed by atoms with Crippen molar-refractivity contribution in [3.63, 3.8) is 0 Å². The third-order valence-electron chi connectivity index (χ3n) is 3.57. The predicted molar refractivity (Wildman–Crippen MR) is 83.0 cm³/mol. The van der Waals surface area contributed by atoms with Gasteiger partial charge in [-0.05, 0) is 20.3 Å². The smallest absolute Gasteiger partial charge is 0.275 e. The van der Waals surface area contributed by atoms with E-state index in [2.05, 4.69) is 23.8 Å². The highest BCUT2D eigenvalue weighted by molar-refractivity contribution is 5.78. The fourth-order valence-corrected chi connectivity index (χ4v) is 2.57. The molecular weight excluding hydrogens is 268 g/mol. The molecule has 1 heterocycles. The zero-order chi connectivity index (χ0) is 15.7. The first-order chi connectivity index (χ1) is 10.0. The molecule has 120 valence electrons. The van der Waals surface area contributed by atoms with Crippen LogP contribution in [0.1, 0.15) is 33.6 Å². The lowest BCUT2D eigenvalue weighted by atomic mass is 10.2. The number of nitrogens with zero attached hydrogens (tertiary/aromatic N) is 2. The molecule has 0 aromatic carbocycles. The third-order valence-corrected chi connectivity index (χ3v) is 3.57. The zero-order valence-corrected chi connectivity index (χ0v) is 13.5. The van der Waals surface area contributed by atoms with Crippen molar-refractivity contribution in [2.24, 2.45) is 0 Å². The predicted octanol–water partition coefficient (Wildman–Crippen LogP) is 0.620. The Morgan fingerprint density at radius 2 is 1.81 bits per heavy atom. The molecule has 6 nitrogen and oxygen atoms in total. The maximum Gasteiger partial charge on any atom is 0.275 e. The quantitative estimate of drug-likeness (QED) is 0.613. The molecule has 0 saturated heterocycles. The molecule has 1 aliphatic rings. The van der Waals surface area contributed by atoms with Crippen LogP contribution < -0.4 is 10.6 Å². The molecule has 0 fully saturated rings. The van der Waals surface area contributed by atoms with E-state index in [9.17, 15) is 9.59 Å². The molecule has 0 bridgehead atoms. The highest BCUT2D eigenvalue weighted by Gasteiger charge is 2.34. The first kappa shape index (κ1) is 17.5. The Balaban J connectivity index is 2.62. The molecular formula is C15H29N4O2+. The van der Waals surface area contributed by atoms with Gasteiger partial charge < -0.3 is 15.5 Å². The van der Waals surface area contributed by atoms with Crippen LogP contribution in [0.4, 0.5) is 0 Å². The number of amides is 2. The summed E-state index contributed by atoms with van der Waals surface area (Å²) in [5, 5.41) is 5.67. The number of carbonyl (C=O) groups is 2. The number of hydrogen-bond donors (Lipinski definition) is 2. The average molecular weight is 297 g/mol. The summed E-state index contributed by atoms with van der Waals surface area (Å²) in [7, 11) is 0. The molecule has 0 spiro atoms. The van der Waals surface area contributed by atoms with Crippen LogP contribution in [0.3, 0.4) is 0 Å². The van der Waals surface area contributed by atoms with E-state index in [1.165, 1.54) is 0 Å². The lowest BCUT2D eigenvalue weighted by Crippen LogP contribution is -2.52. The SMILES string of the molecule is CCCC[N+]1(CC(=O)NCC)C=CN(CC(=O)NCC)C1. The topological polar surface area (TPSA) is 61.4 Å². The van der Waals surface area contributed by atoms with Crippen molar-refractivity contribution < 1.29 is 14.1 Å². The van der Waals surface area contributed by atoms with Crippen molar-refractivity contribution in [2.75, 3.05) is 39.4 Å². The van der Waals surface area contributed by atoms with Crippen LogP contribution >= 0.6 is 0 Å². The minimum absolute atomic E-state index is 0.0238. The number of likely N-dealkylation sites (N-methyl/N-ethyl adjacent to an activating group) is 2. The van der Waals surface area contributed by atoms with Crippen LogP contribution in [-0.2, 0) is 9.59 Å². The summed E-state index contributed by atoms with van der Waals surface area (Å²) < 4.78 is 0.610. The molecule has 0 saturated carbocycles. The highest BCUT2D eigenvalue weighted by Crippen LogP contribution is 2.19. The summed E-state index contributed by atoms with van der Waals surface area (Å²) in [5.41, 5.74) is 0. The Kier molecular flexibility index (Phi) is 7.22. The van der Waals surface area contributed by atoms with Crippen molar-refractivity contribution in [3.05, 3.63) is 12.4 Å². The van der Waals surface area contributed by atoms with Crippen LogP contribution in [0.2, 0.25) is 0 Å². The van der Waals surface area contributed by atoms with Gasteiger partial charge in [-0.1, -0.05) is 13.3 Å². The Labute approximate surface area is 127 Å². The molecule has 0 radical (unpaired) electrons. The van der Waals surface area contributed by atoms with Gasteiger partial charge in [0.25, 0.3) is 5.91 Å².